The maximum Gasteiger partial charge on any atom is 0.220 e. The highest BCUT2D eigenvalue weighted by molar-refractivity contribution is 7.99. The summed E-state index contributed by atoms with van der Waals surface area (Å²) in [6.45, 7) is 5.89. The number of aryl methyl sites for hydroxylation is 2. The molecule has 0 aliphatic carbocycles. The standard InChI is InChI=1S/C30H25OS3/c1-20-4-12-25(13-5-20)34(26-14-6-21(2)7-15-26)30-19-18-29(33-30)24-10-8-23(9-11-24)28-17-16-27(32-28)22(3)31/h4-19H,1-3H3/q+1. The van der Waals surface area contributed by atoms with Gasteiger partial charge in [0.15, 0.2) is 15.6 Å². The highest BCUT2D eigenvalue weighted by atomic mass is 32.2. The second-order valence-corrected chi connectivity index (χ2v) is 12.8. The Balaban J connectivity index is 1.47. The fourth-order valence-corrected chi connectivity index (χ4v) is 8.37. The van der Waals surface area contributed by atoms with Crippen LogP contribution in [0.4, 0.5) is 0 Å². The molecule has 168 valence electrons. The average molecular weight is 498 g/mol. The molecular formula is C30H25OS3+. The first-order valence-electron chi connectivity index (χ1n) is 11.2. The molecule has 0 aliphatic heterocycles. The summed E-state index contributed by atoms with van der Waals surface area (Å²) in [5.74, 6) is 0.122. The third-order valence-corrected chi connectivity index (χ3v) is 10.6. The molecule has 0 saturated carbocycles. The average Bonchev–Trinajstić information content (AvgIpc) is 3.53. The fraction of sp³-hybridized carbons (Fsp3) is 0.100. The van der Waals surface area contributed by atoms with Crippen molar-refractivity contribution in [3.05, 3.63) is 113 Å². The molecular weight excluding hydrogens is 473 g/mol. The molecule has 0 N–H and O–H groups in total. The van der Waals surface area contributed by atoms with Gasteiger partial charge in [0.2, 0.25) is 4.21 Å². The van der Waals surface area contributed by atoms with Crippen molar-refractivity contribution in [2.45, 2.75) is 34.8 Å². The van der Waals surface area contributed by atoms with Gasteiger partial charge in [0.1, 0.15) is 10.9 Å². The van der Waals surface area contributed by atoms with Crippen LogP contribution in [-0.4, -0.2) is 5.78 Å². The molecule has 5 aromatic rings. The van der Waals surface area contributed by atoms with Crippen LogP contribution in [0.2, 0.25) is 0 Å². The highest BCUT2D eigenvalue weighted by Crippen LogP contribution is 2.39. The molecule has 3 aromatic carbocycles. The number of ketones is 1. The van der Waals surface area contributed by atoms with Crippen molar-refractivity contribution in [2.24, 2.45) is 0 Å². The minimum absolute atomic E-state index is 0.122. The Bertz CT molecular complexity index is 1380. The zero-order valence-corrected chi connectivity index (χ0v) is 21.8. The van der Waals surface area contributed by atoms with Crippen molar-refractivity contribution in [2.75, 3.05) is 0 Å². The first-order valence-corrected chi connectivity index (χ1v) is 14.0. The molecule has 34 heavy (non-hydrogen) atoms. The maximum absolute atomic E-state index is 11.6. The summed E-state index contributed by atoms with van der Waals surface area (Å²) in [5.41, 5.74) is 4.94. The van der Waals surface area contributed by atoms with E-state index in [-0.39, 0.29) is 16.7 Å². The summed E-state index contributed by atoms with van der Waals surface area (Å²) < 4.78 is 1.37. The molecule has 0 aliphatic rings. The van der Waals surface area contributed by atoms with Crippen LogP contribution in [0.3, 0.4) is 0 Å². The Kier molecular flexibility index (Phi) is 6.55. The van der Waals surface area contributed by atoms with Gasteiger partial charge in [-0.2, -0.15) is 0 Å². The minimum atomic E-state index is -0.132. The third-order valence-electron chi connectivity index (χ3n) is 5.70. The van der Waals surface area contributed by atoms with Crippen LogP contribution < -0.4 is 0 Å². The quantitative estimate of drug-likeness (QED) is 0.169. The van der Waals surface area contributed by atoms with E-state index in [1.54, 1.807) is 18.3 Å². The number of hydrogen-bond donors (Lipinski definition) is 0. The second-order valence-electron chi connectivity index (χ2n) is 8.35. The Labute approximate surface area is 212 Å². The van der Waals surface area contributed by atoms with Gasteiger partial charge < -0.3 is 0 Å². The van der Waals surface area contributed by atoms with Crippen LogP contribution in [0.25, 0.3) is 20.9 Å². The van der Waals surface area contributed by atoms with E-state index < -0.39 is 0 Å². The molecule has 2 aromatic heterocycles. The molecule has 4 heteroatoms. The van der Waals surface area contributed by atoms with Crippen LogP contribution in [0.5, 0.6) is 0 Å². The van der Waals surface area contributed by atoms with Gasteiger partial charge in [0, 0.05) is 15.8 Å². The number of carbonyl (C=O) groups is 1. The smallest absolute Gasteiger partial charge is 0.220 e. The van der Waals surface area contributed by atoms with Crippen LogP contribution >= 0.6 is 22.7 Å². The van der Waals surface area contributed by atoms with Crippen LogP contribution in [0.1, 0.15) is 27.7 Å². The molecule has 0 bridgehead atoms. The first-order chi connectivity index (χ1) is 16.5. The van der Waals surface area contributed by atoms with Crippen LogP contribution in [0.15, 0.2) is 111 Å². The predicted molar refractivity (Wildman–Crippen MR) is 148 cm³/mol. The van der Waals surface area contributed by atoms with Crippen LogP contribution in [0, 0.1) is 13.8 Å². The molecule has 0 atom stereocenters. The Morgan fingerprint density at radius 2 is 1.06 bits per heavy atom. The van der Waals surface area contributed by atoms with Gasteiger partial charge in [-0.25, -0.2) is 0 Å². The molecule has 0 fully saturated rings. The molecule has 0 amide bonds. The van der Waals surface area contributed by atoms with E-state index in [0.29, 0.717) is 0 Å². The molecule has 0 radical (unpaired) electrons. The first kappa shape index (κ1) is 22.9. The Morgan fingerprint density at radius 3 is 1.53 bits per heavy atom. The second kappa shape index (κ2) is 9.75. The maximum atomic E-state index is 11.6. The van der Waals surface area contributed by atoms with Gasteiger partial charge >= 0.3 is 0 Å². The van der Waals surface area contributed by atoms with Gasteiger partial charge in [0.05, 0.1) is 4.88 Å². The summed E-state index contributed by atoms with van der Waals surface area (Å²) in [6, 6.07) is 35.1. The highest BCUT2D eigenvalue weighted by Gasteiger charge is 2.30. The van der Waals surface area contributed by atoms with Crippen LogP contribution in [-0.2, 0) is 10.9 Å². The normalized spacial score (nSPS) is 11.2. The molecule has 5 rings (SSSR count). The summed E-state index contributed by atoms with van der Waals surface area (Å²) in [6.07, 6.45) is 0. The molecule has 1 nitrogen and oxygen atoms in total. The van der Waals surface area contributed by atoms with Gasteiger partial charge in [-0.05, 0) is 74.4 Å². The lowest BCUT2D eigenvalue weighted by molar-refractivity contribution is 0.102. The van der Waals surface area contributed by atoms with Crippen molar-refractivity contribution in [3.8, 4) is 20.9 Å². The van der Waals surface area contributed by atoms with E-state index in [4.69, 9.17) is 0 Å². The van der Waals surface area contributed by atoms with Crippen molar-refractivity contribution in [1.29, 1.82) is 0 Å². The number of carbonyl (C=O) groups excluding carboxylic acids is 1. The summed E-state index contributed by atoms with van der Waals surface area (Å²) in [4.78, 5) is 17.5. The Morgan fingerprint density at radius 1 is 0.588 bits per heavy atom. The number of rotatable bonds is 6. The van der Waals surface area contributed by atoms with Crippen molar-refractivity contribution in [1.82, 2.24) is 0 Å². The van der Waals surface area contributed by atoms with E-state index in [1.807, 2.05) is 23.5 Å². The van der Waals surface area contributed by atoms with E-state index in [1.165, 1.54) is 35.6 Å². The van der Waals surface area contributed by atoms with Gasteiger partial charge in [0.25, 0.3) is 0 Å². The fourth-order valence-electron chi connectivity index (χ4n) is 3.78. The lowest BCUT2D eigenvalue weighted by Gasteiger charge is -2.06. The number of thiophene rings is 2. The van der Waals surface area contributed by atoms with E-state index in [9.17, 15) is 4.79 Å². The van der Waals surface area contributed by atoms with Crippen molar-refractivity contribution < 1.29 is 4.79 Å². The van der Waals surface area contributed by atoms with Gasteiger partial charge in [-0.1, -0.05) is 71.0 Å². The lowest BCUT2D eigenvalue weighted by atomic mass is 10.1. The largest absolute Gasteiger partial charge is 0.294 e. The van der Waals surface area contributed by atoms with Gasteiger partial charge in [-0.15, -0.1) is 11.3 Å². The zero-order chi connectivity index (χ0) is 23.7. The van der Waals surface area contributed by atoms with E-state index >= 15 is 0 Å². The molecule has 0 saturated heterocycles. The summed E-state index contributed by atoms with van der Waals surface area (Å²) in [5, 5.41) is 0. The van der Waals surface area contributed by atoms with E-state index in [0.717, 1.165) is 15.3 Å². The minimum Gasteiger partial charge on any atom is -0.294 e. The third kappa shape index (κ3) is 4.80. The van der Waals surface area contributed by atoms with Gasteiger partial charge in [-0.3, -0.25) is 4.79 Å². The topological polar surface area (TPSA) is 17.1 Å². The van der Waals surface area contributed by atoms with Crippen molar-refractivity contribution in [3.63, 3.8) is 0 Å². The molecule has 0 spiro atoms. The number of benzene rings is 3. The predicted octanol–water partition coefficient (Wildman–Crippen LogP) is 9.06. The molecule has 0 unspecified atom stereocenters. The number of Topliss-reactive ketones (excluding diaryl/α,β-unsaturated/α-hetero) is 1. The Hall–Kier alpha value is -2.92. The monoisotopic (exact) mass is 497 g/mol. The SMILES string of the molecule is CC(=O)c1ccc(-c2ccc(-c3ccc([S+](c4ccc(C)cc4)c4ccc(C)cc4)s3)cc2)s1. The zero-order valence-electron chi connectivity index (χ0n) is 19.4. The summed E-state index contributed by atoms with van der Waals surface area (Å²) >= 11 is 3.43. The molecule has 2 heterocycles. The van der Waals surface area contributed by atoms with Crippen molar-refractivity contribution >= 4 is 39.4 Å². The van der Waals surface area contributed by atoms with E-state index in [2.05, 4.69) is 98.8 Å². The number of hydrogen-bond acceptors (Lipinski definition) is 3. The summed E-state index contributed by atoms with van der Waals surface area (Å²) in [7, 11) is -0.132. The lowest BCUT2D eigenvalue weighted by Crippen LogP contribution is -2.02.